The highest BCUT2D eigenvalue weighted by Gasteiger charge is 2.20. The van der Waals surface area contributed by atoms with Gasteiger partial charge in [0.15, 0.2) is 0 Å². The van der Waals surface area contributed by atoms with Gasteiger partial charge in [0.05, 0.1) is 22.6 Å². The number of carbonyl (C=O) groups excluding carboxylic acids is 1. The molecule has 2 heterocycles. The summed E-state index contributed by atoms with van der Waals surface area (Å²) in [5.74, 6) is 0.272. The van der Waals surface area contributed by atoms with Gasteiger partial charge >= 0.3 is 0 Å². The molecule has 3 rings (SSSR count). The van der Waals surface area contributed by atoms with E-state index in [4.69, 9.17) is 5.41 Å². The summed E-state index contributed by atoms with van der Waals surface area (Å²) in [5.41, 5.74) is 4.12. The molecule has 1 aromatic carbocycles. The molecule has 0 aliphatic heterocycles. The Bertz CT molecular complexity index is 1130. The van der Waals surface area contributed by atoms with E-state index in [1.807, 2.05) is 31.2 Å². The predicted molar refractivity (Wildman–Crippen MR) is 126 cm³/mol. The van der Waals surface area contributed by atoms with Crippen LogP contribution in [-0.4, -0.2) is 27.1 Å². The molecule has 0 fully saturated rings. The lowest BCUT2D eigenvalue weighted by Crippen LogP contribution is -2.22. The van der Waals surface area contributed by atoms with Gasteiger partial charge in [0.1, 0.15) is 4.88 Å². The van der Waals surface area contributed by atoms with Gasteiger partial charge < -0.3 is 16.0 Å². The number of nitrogens with zero attached hydrogens (tertiary/aromatic N) is 3. The third kappa shape index (κ3) is 5.61. The molecule has 0 spiro atoms. The van der Waals surface area contributed by atoms with Crippen LogP contribution in [0.4, 0.5) is 5.95 Å². The van der Waals surface area contributed by atoms with Crippen LogP contribution in [0.1, 0.15) is 46.6 Å². The summed E-state index contributed by atoms with van der Waals surface area (Å²) in [7, 11) is 0. The van der Waals surface area contributed by atoms with E-state index in [0.717, 1.165) is 33.6 Å². The molecule has 1 amide bonds. The second-order valence-corrected chi connectivity index (χ2v) is 9.19. The molecule has 0 saturated heterocycles. The first kappa shape index (κ1) is 22.3. The average Bonchev–Trinajstić information content (AvgIpc) is 3.24. The van der Waals surface area contributed by atoms with Gasteiger partial charge in [-0.05, 0) is 30.2 Å². The number of anilines is 1. The Hall–Kier alpha value is -3.39. The lowest BCUT2D eigenvalue weighted by molar-refractivity contribution is 0.0954. The lowest BCUT2D eigenvalue weighted by Gasteiger charge is -2.13. The van der Waals surface area contributed by atoms with E-state index in [1.54, 1.807) is 12.4 Å². The molecule has 0 aliphatic carbocycles. The number of nitrogens with one attached hydrogen (secondary N) is 3. The van der Waals surface area contributed by atoms with Crippen molar-refractivity contribution in [2.24, 2.45) is 0 Å². The maximum atomic E-state index is 12.5. The Labute approximate surface area is 186 Å². The molecule has 2 aromatic heterocycles. The van der Waals surface area contributed by atoms with Crippen LogP contribution in [-0.2, 0) is 12.0 Å². The minimum atomic E-state index is -0.116. The number of amides is 1. The minimum Gasteiger partial charge on any atom is -0.347 e. The van der Waals surface area contributed by atoms with Gasteiger partial charge in [-0.2, -0.15) is 0 Å². The van der Waals surface area contributed by atoms with Crippen LogP contribution in [0.3, 0.4) is 0 Å². The molecule has 0 radical (unpaired) electrons. The quantitative estimate of drug-likeness (QED) is 0.467. The van der Waals surface area contributed by atoms with Crippen LogP contribution in [0.5, 0.6) is 0 Å². The van der Waals surface area contributed by atoms with Gasteiger partial charge in [-0.15, -0.1) is 11.3 Å². The number of hydrogen-bond acceptors (Lipinski definition) is 7. The number of aromatic nitrogens is 3. The molecule has 3 aromatic rings. The Morgan fingerprint density at radius 1 is 1.26 bits per heavy atom. The van der Waals surface area contributed by atoms with Crippen molar-refractivity contribution in [3.63, 3.8) is 0 Å². The minimum absolute atomic E-state index is 0.0707. The first-order chi connectivity index (χ1) is 14.7. The number of carbonyl (C=O) groups is 1. The number of thiazole rings is 1. The molecule has 8 heteroatoms. The number of rotatable bonds is 7. The molecule has 0 aliphatic rings. The van der Waals surface area contributed by atoms with E-state index in [2.05, 4.69) is 52.9 Å². The fourth-order valence-electron chi connectivity index (χ4n) is 2.80. The number of hydrogen-bond donors (Lipinski definition) is 3. The van der Waals surface area contributed by atoms with Crippen molar-refractivity contribution in [3.05, 3.63) is 69.9 Å². The van der Waals surface area contributed by atoms with E-state index in [0.29, 0.717) is 23.1 Å². The summed E-state index contributed by atoms with van der Waals surface area (Å²) in [6.07, 6.45) is 4.41. The maximum Gasteiger partial charge on any atom is 0.263 e. The largest absolute Gasteiger partial charge is 0.347 e. The van der Waals surface area contributed by atoms with Gasteiger partial charge in [-0.3, -0.25) is 4.79 Å². The van der Waals surface area contributed by atoms with Crippen LogP contribution < -0.4 is 10.6 Å². The topological polar surface area (TPSA) is 104 Å². The molecule has 3 N–H and O–H groups in total. The summed E-state index contributed by atoms with van der Waals surface area (Å²) in [4.78, 5) is 26.1. The molecule has 7 nitrogen and oxygen atoms in total. The molecule has 0 bridgehead atoms. The van der Waals surface area contributed by atoms with Crippen LogP contribution >= 0.6 is 11.3 Å². The van der Waals surface area contributed by atoms with Crippen molar-refractivity contribution in [1.29, 1.82) is 5.41 Å². The van der Waals surface area contributed by atoms with Gasteiger partial charge in [-0.25, -0.2) is 15.0 Å². The lowest BCUT2D eigenvalue weighted by atomic mass is 9.98. The number of allylic oxidation sites excluding steroid dienone is 1. The highest BCUT2D eigenvalue weighted by molar-refractivity contribution is 7.13. The average molecular weight is 435 g/mol. The highest BCUT2D eigenvalue weighted by atomic mass is 32.1. The van der Waals surface area contributed by atoms with Crippen molar-refractivity contribution in [3.8, 4) is 11.3 Å². The van der Waals surface area contributed by atoms with Crippen molar-refractivity contribution in [2.45, 2.75) is 39.7 Å². The molecular weight excluding hydrogens is 408 g/mol. The van der Waals surface area contributed by atoms with Crippen LogP contribution in [0.2, 0.25) is 0 Å². The zero-order valence-electron chi connectivity index (χ0n) is 18.1. The fraction of sp³-hybridized carbons (Fsp3) is 0.261. The summed E-state index contributed by atoms with van der Waals surface area (Å²) in [5, 5.41) is 14.0. The normalized spacial score (nSPS) is 11.1. The Morgan fingerprint density at radius 2 is 2.03 bits per heavy atom. The smallest absolute Gasteiger partial charge is 0.263 e. The summed E-state index contributed by atoms with van der Waals surface area (Å²) in [6.45, 7) is 12.4. The third-order valence-corrected chi connectivity index (χ3v) is 5.97. The van der Waals surface area contributed by atoms with Gasteiger partial charge in [0.2, 0.25) is 5.95 Å². The van der Waals surface area contributed by atoms with Gasteiger partial charge in [0.25, 0.3) is 5.91 Å². The second kappa shape index (κ2) is 9.18. The summed E-state index contributed by atoms with van der Waals surface area (Å²) >= 11 is 1.43. The van der Waals surface area contributed by atoms with Crippen LogP contribution in [0.15, 0.2) is 48.9 Å². The zero-order chi connectivity index (χ0) is 22.6. The van der Waals surface area contributed by atoms with Gasteiger partial charge in [0, 0.05) is 29.9 Å². The van der Waals surface area contributed by atoms with Crippen molar-refractivity contribution >= 4 is 29.4 Å². The monoisotopic (exact) mass is 434 g/mol. The van der Waals surface area contributed by atoms with Crippen molar-refractivity contribution < 1.29 is 4.79 Å². The maximum absolute atomic E-state index is 12.5. The number of benzene rings is 1. The predicted octanol–water partition coefficient (Wildman–Crippen LogP) is 4.71. The van der Waals surface area contributed by atoms with Crippen molar-refractivity contribution in [1.82, 2.24) is 20.3 Å². The van der Waals surface area contributed by atoms with E-state index in [1.165, 1.54) is 11.3 Å². The summed E-state index contributed by atoms with van der Waals surface area (Å²) < 4.78 is 0. The van der Waals surface area contributed by atoms with E-state index in [9.17, 15) is 4.79 Å². The Morgan fingerprint density at radius 3 is 2.68 bits per heavy atom. The van der Waals surface area contributed by atoms with Gasteiger partial charge in [-0.1, -0.05) is 39.5 Å². The molecule has 0 saturated carbocycles. The molecule has 160 valence electrons. The van der Waals surface area contributed by atoms with E-state index >= 15 is 0 Å². The second-order valence-electron chi connectivity index (χ2n) is 8.16. The SMILES string of the molecule is C=C(C=N)Nc1nccc(-c2ccc(CNC(=O)c3cnc(C(C)(C)C)s3)c(C)c2)n1. The van der Waals surface area contributed by atoms with Crippen molar-refractivity contribution in [2.75, 3.05) is 5.32 Å². The molecule has 0 unspecified atom stereocenters. The number of aryl methyl sites for hydroxylation is 1. The van der Waals surface area contributed by atoms with E-state index < -0.39 is 0 Å². The molecular formula is C23H26N6OS. The zero-order valence-corrected chi connectivity index (χ0v) is 18.9. The van der Waals surface area contributed by atoms with Crippen LogP contribution in [0, 0.1) is 12.3 Å². The first-order valence-electron chi connectivity index (χ1n) is 9.81. The molecule has 0 atom stereocenters. The third-order valence-electron chi connectivity index (χ3n) is 4.55. The molecule has 31 heavy (non-hydrogen) atoms. The Kier molecular flexibility index (Phi) is 6.60. The first-order valence-corrected chi connectivity index (χ1v) is 10.6. The summed E-state index contributed by atoms with van der Waals surface area (Å²) in [6, 6.07) is 7.81. The van der Waals surface area contributed by atoms with Crippen LogP contribution in [0.25, 0.3) is 11.3 Å². The van der Waals surface area contributed by atoms with E-state index in [-0.39, 0.29) is 11.3 Å². The fourth-order valence-corrected chi connectivity index (χ4v) is 3.69. The standard InChI is InChI=1S/C23H26N6OS/c1-14-10-16(18-8-9-25-22(29-18)28-15(2)11-24)6-7-17(14)12-26-20(30)19-13-27-21(31-19)23(3,4)5/h6-11,13,24H,2,12H2,1,3-5H3,(H,26,30)(H,25,28,29). The highest BCUT2D eigenvalue weighted by Crippen LogP contribution is 2.27. The Balaban J connectivity index is 1.69.